The summed E-state index contributed by atoms with van der Waals surface area (Å²) in [5.41, 5.74) is 1.71. The van der Waals surface area contributed by atoms with Gasteiger partial charge in [0, 0.05) is 23.7 Å². The van der Waals surface area contributed by atoms with Gasteiger partial charge in [-0.05, 0) is 61.4 Å². The molecule has 2 aliphatic carbocycles. The van der Waals surface area contributed by atoms with E-state index in [0.717, 1.165) is 28.9 Å². The highest BCUT2D eigenvalue weighted by molar-refractivity contribution is 6.30. The van der Waals surface area contributed by atoms with E-state index < -0.39 is 0 Å². The van der Waals surface area contributed by atoms with Crippen LogP contribution >= 0.6 is 11.6 Å². The smallest absolute Gasteiger partial charge is 0.151 e. The number of ether oxygens (including phenoxy) is 1. The maximum Gasteiger partial charge on any atom is 0.151 e. The minimum atomic E-state index is 0.594. The Hall–Kier alpha value is -1.81. The summed E-state index contributed by atoms with van der Waals surface area (Å²) >= 11 is 6.04. The molecule has 2 aliphatic rings. The minimum absolute atomic E-state index is 0.594. The van der Waals surface area contributed by atoms with Gasteiger partial charge in [-0.15, -0.1) is 10.2 Å². The molecule has 0 spiro atoms. The third kappa shape index (κ3) is 3.32. The minimum Gasteiger partial charge on any atom is -0.496 e. The Morgan fingerprint density at radius 2 is 1.80 bits per heavy atom. The zero-order chi connectivity index (χ0) is 17.4. The molecular weight excluding hydrogens is 334 g/mol. The first kappa shape index (κ1) is 16.6. The van der Waals surface area contributed by atoms with E-state index in [0.29, 0.717) is 16.8 Å². The van der Waals surface area contributed by atoms with Crippen molar-refractivity contribution in [2.24, 2.45) is 11.8 Å². The normalized spacial score (nSPS) is 25.0. The Labute approximate surface area is 154 Å². The summed E-state index contributed by atoms with van der Waals surface area (Å²) in [6, 6.07) is 10.2. The third-order valence-electron chi connectivity index (χ3n) is 5.86. The number of benzene rings is 1. The van der Waals surface area contributed by atoms with Gasteiger partial charge in [0.05, 0.1) is 12.8 Å². The molecule has 0 N–H and O–H groups in total. The summed E-state index contributed by atoms with van der Waals surface area (Å²) in [6.07, 6.45) is 6.85. The molecule has 0 radical (unpaired) electrons. The fourth-order valence-corrected chi connectivity index (χ4v) is 4.67. The topological polar surface area (TPSA) is 38.2 Å². The van der Waals surface area contributed by atoms with E-state index in [4.69, 9.17) is 16.3 Å². The van der Waals surface area contributed by atoms with Crippen LogP contribution in [0.25, 0.3) is 11.3 Å². The lowest BCUT2D eigenvalue weighted by Gasteiger charge is -2.35. The van der Waals surface area contributed by atoms with Crippen molar-refractivity contribution < 1.29 is 4.74 Å². The Morgan fingerprint density at radius 3 is 2.44 bits per heavy atom. The standard InChI is InChI=1S/C20H24ClN3O/c1-24(16-10-13-3-4-14(9-13)11-16)20-8-7-18(22-23-20)17-6-5-15(21)12-19(17)25-2/h5-8,12-14,16H,3-4,9-11H2,1-2H3/t13-,14+,16?. The molecule has 0 aliphatic heterocycles. The molecule has 1 unspecified atom stereocenters. The van der Waals surface area contributed by atoms with Gasteiger partial charge in [-0.2, -0.15) is 0 Å². The molecule has 0 saturated heterocycles. The number of methoxy groups -OCH3 is 1. The number of halogens is 1. The van der Waals surface area contributed by atoms with Crippen LogP contribution in [-0.4, -0.2) is 30.4 Å². The SMILES string of the molecule is COc1cc(Cl)ccc1-c1ccc(N(C)C2C[C@H]3CC[C@@H](C2)C3)nn1. The third-order valence-corrected chi connectivity index (χ3v) is 6.09. The van der Waals surface area contributed by atoms with Crippen LogP contribution in [0.5, 0.6) is 5.75 Å². The highest BCUT2D eigenvalue weighted by Gasteiger charge is 2.36. The number of aromatic nitrogens is 2. The van der Waals surface area contributed by atoms with Gasteiger partial charge in [0.1, 0.15) is 5.75 Å². The van der Waals surface area contributed by atoms with Crippen molar-refractivity contribution in [3.63, 3.8) is 0 Å². The molecule has 1 heterocycles. The summed E-state index contributed by atoms with van der Waals surface area (Å²) in [5, 5.41) is 9.58. The number of anilines is 1. The molecule has 132 valence electrons. The molecule has 4 nitrogen and oxygen atoms in total. The highest BCUT2D eigenvalue weighted by atomic mass is 35.5. The van der Waals surface area contributed by atoms with E-state index in [-0.39, 0.29) is 0 Å². The van der Waals surface area contributed by atoms with Gasteiger partial charge in [-0.1, -0.05) is 24.4 Å². The average Bonchev–Trinajstić information content (AvgIpc) is 2.99. The summed E-state index contributed by atoms with van der Waals surface area (Å²) in [6.45, 7) is 0. The van der Waals surface area contributed by atoms with Crippen molar-refractivity contribution in [1.82, 2.24) is 10.2 Å². The Kier molecular flexibility index (Phi) is 4.55. The summed E-state index contributed by atoms with van der Waals surface area (Å²) in [4.78, 5) is 2.32. The van der Waals surface area contributed by atoms with Crippen molar-refractivity contribution in [1.29, 1.82) is 0 Å². The second-order valence-electron chi connectivity index (χ2n) is 7.40. The van der Waals surface area contributed by atoms with Gasteiger partial charge in [0.2, 0.25) is 0 Å². The van der Waals surface area contributed by atoms with Crippen LogP contribution in [0.2, 0.25) is 5.02 Å². The van der Waals surface area contributed by atoms with E-state index in [1.54, 1.807) is 13.2 Å². The van der Waals surface area contributed by atoms with Crippen LogP contribution in [-0.2, 0) is 0 Å². The first-order valence-corrected chi connectivity index (χ1v) is 9.42. The van der Waals surface area contributed by atoms with Gasteiger partial charge in [0.15, 0.2) is 5.82 Å². The number of rotatable bonds is 4. The largest absolute Gasteiger partial charge is 0.496 e. The van der Waals surface area contributed by atoms with Crippen LogP contribution in [0.3, 0.4) is 0 Å². The van der Waals surface area contributed by atoms with Gasteiger partial charge in [0.25, 0.3) is 0 Å². The Morgan fingerprint density at radius 1 is 1.04 bits per heavy atom. The second-order valence-corrected chi connectivity index (χ2v) is 7.84. The first-order chi connectivity index (χ1) is 12.1. The molecule has 3 atom stereocenters. The van der Waals surface area contributed by atoms with Gasteiger partial charge < -0.3 is 9.64 Å². The number of fused-ring (bicyclic) bond motifs is 2. The number of hydrogen-bond acceptors (Lipinski definition) is 4. The maximum atomic E-state index is 6.04. The molecule has 1 aromatic carbocycles. The van der Waals surface area contributed by atoms with Crippen LogP contribution < -0.4 is 9.64 Å². The maximum absolute atomic E-state index is 6.04. The predicted octanol–water partition coefficient (Wildman–Crippen LogP) is 4.82. The van der Waals surface area contributed by atoms with Crippen molar-refractivity contribution in [2.75, 3.05) is 19.1 Å². The fraction of sp³-hybridized carbons (Fsp3) is 0.500. The molecule has 2 bridgehead atoms. The molecular formula is C20H24ClN3O. The lowest BCUT2D eigenvalue weighted by Crippen LogP contribution is -2.37. The van der Waals surface area contributed by atoms with Gasteiger partial charge >= 0.3 is 0 Å². The first-order valence-electron chi connectivity index (χ1n) is 9.04. The molecule has 4 rings (SSSR count). The van der Waals surface area contributed by atoms with Crippen molar-refractivity contribution in [3.8, 4) is 17.0 Å². The second kappa shape index (κ2) is 6.83. The summed E-state index contributed by atoms with van der Waals surface area (Å²) in [5.74, 6) is 3.49. The van der Waals surface area contributed by atoms with E-state index in [1.807, 2.05) is 18.2 Å². The monoisotopic (exact) mass is 357 g/mol. The van der Waals surface area contributed by atoms with E-state index in [1.165, 1.54) is 32.1 Å². The predicted molar refractivity (Wildman–Crippen MR) is 101 cm³/mol. The van der Waals surface area contributed by atoms with Gasteiger partial charge in [-0.3, -0.25) is 0 Å². The molecule has 1 aromatic heterocycles. The lowest BCUT2D eigenvalue weighted by atomic mass is 9.85. The summed E-state index contributed by atoms with van der Waals surface area (Å²) in [7, 11) is 3.80. The average molecular weight is 358 g/mol. The molecule has 2 fully saturated rings. The van der Waals surface area contributed by atoms with Crippen molar-refractivity contribution >= 4 is 17.4 Å². The zero-order valence-corrected chi connectivity index (χ0v) is 15.5. The Balaban J connectivity index is 1.54. The van der Waals surface area contributed by atoms with E-state index in [9.17, 15) is 0 Å². The van der Waals surface area contributed by atoms with Crippen molar-refractivity contribution in [3.05, 3.63) is 35.4 Å². The van der Waals surface area contributed by atoms with Crippen molar-refractivity contribution in [2.45, 2.75) is 38.1 Å². The molecule has 2 saturated carbocycles. The van der Waals surface area contributed by atoms with Gasteiger partial charge in [-0.25, -0.2) is 0 Å². The Bertz CT molecular complexity index is 737. The van der Waals surface area contributed by atoms with Crippen LogP contribution in [0, 0.1) is 11.8 Å². The summed E-state index contributed by atoms with van der Waals surface area (Å²) < 4.78 is 5.42. The van der Waals surface area contributed by atoms with Crippen LogP contribution in [0.4, 0.5) is 5.82 Å². The van der Waals surface area contributed by atoms with E-state index in [2.05, 4.69) is 28.2 Å². The van der Waals surface area contributed by atoms with Crippen LogP contribution in [0.15, 0.2) is 30.3 Å². The lowest BCUT2D eigenvalue weighted by molar-refractivity contribution is 0.312. The fourth-order valence-electron chi connectivity index (χ4n) is 4.51. The molecule has 2 aromatic rings. The number of nitrogens with zero attached hydrogens (tertiary/aromatic N) is 3. The molecule has 25 heavy (non-hydrogen) atoms. The molecule has 0 amide bonds. The van der Waals surface area contributed by atoms with Crippen LogP contribution in [0.1, 0.15) is 32.1 Å². The zero-order valence-electron chi connectivity index (χ0n) is 14.8. The molecule has 5 heteroatoms. The van der Waals surface area contributed by atoms with E-state index >= 15 is 0 Å². The highest BCUT2D eigenvalue weighted by Crippen LogP contribution is 2.43. The quantitative estimate of drug-likeness (QED) is 0.786. The number of hydrogen-bond donors (Lipinski definition) is 0.